The second-order valence-corrected chi connectivity index (χ2v) is 8.55. The molecule has 0 aliphatic heterocycles. The van der Waals surface area contributed by atoms with Crippen LogP contribution in [0.4, 0.5) is 0 Å². The van der Waals surface area contributed by atoms with Crippen LogP contribution < -0.4 is 10.1 Å². The summed E-state index contributed by atoms with van der Waals surface area (Å²) in [5, 5.41) is 7.66. The number of hydrogen-bond donors (Lipinski definition) is 1. The lowest BCUT2D eigenvalue weighted by molar-refractivity contribution is 0.0951. The first-order valence-corrected chi connectivity index (χ1v) is 11.5. The molecule has 35 heavy (non-hydrogen) atoms. The van der Waals surface area contributed by atoms with E-state index in [2.05, 4.69) is 15.4 Å². The van der Waals surface area contributed by atoms with Gasteiger partial charge < -0.3 is 14.5 Å². The Kier molecular flexibility index (Phi) is 6.06. The van der Waals surface area contributed by atoms with E-state index in [-0.39, 0.29) is 5.91 Å². The van der Waals surface area contributed by atoms with Gasteiger partial charge in [-0.05, 0) is 68.8 Å². The number of nitrogens with zero attached hydrogens (tertiary/aromatic N) is 4. The van der Waals surface area contributed by atoms with Gasteiger partial charge >= 0.3 is 0 Å². The Hall–Kier alpha value is -4.39. The number of aromatic nitrogens is 4. The molecule has 3 aromatic heterocycles. The number of nitrogens with one attached hydrogen (secondary N) is 1. The molecule has 2 aromatic carbocycles. The number of amides is 1. The van der Waals surface area contributed by atoms with E-state index in [0.717, 1.165) is 39.5 Å². The number of imidazole rings is 1. The molecule has 1 N–H and O–H groups in total. The molecule has 0 atom stereocenters. The van der Waals surface area contributed by atoms with Gasteiger partial charge in [0, 0.05) is 35.8 Å². The number of carbonyl (C=O) groups is 1. The van der Waals surface area contributed by atoms with Crippen molar-refractivity contribution in [2.24, 2.45) is 0 Å². The lowest BCUT2D eigenvalue weighted by Crippen LogP contribution is -2.23. The van der Waals surface area contributed by atoms with Crippen molar-refractivity contribution < 1.29 is 9.53 Å². The monoisotopic (exact) mass is 465 g/mol. The normalized spacial score (nSPS) is 11.1. The molecule has 0 radical (unpaired) electrons. The number of carbonyl (C=O) groups excluding carboxylic acids is 1. The molecule has 0 aliphatic carbocycles. The zero-order valence-electron chi connectivity index (χ0n) is 20.0. The molecular weight excluding hydrogens is 438 g/mol. The number of hydrogen-bond acceptors (Lipinski definition) is 4. The van der Waals surface area contributed by atoms with Crippen LogP contribution in [0.5, 0.6) is 5.75 Å². The van der Waals surface area contributed by atoms with Gasteiger partial charge in [0.1, 0.15) is 18.0 Å². The maximum atomic E-state index is 12.7. The minimum Gasteiger partial charge on any atom is -0.487 e. The molecule has 0 saturated heterocycles. The van der Waals surface area contributed by atoms with Gasteiger partial charge in [-0.2, -0.15) is 5.10 Å². The van der Waals surface area contributed by atoms with Crippen LogP contribution in [0.25, 0.3) is 11.3 Å². The van der Waals surface area contributed by atoms with Crippen molar-refractivity contribution >= 4 is 11.6 Å². The van der Waals surface area contributed by atoms with Gasteiger partial charge in [0.2, 0.25) is 0 Å². The highest BCUT2D eigenvalue weighted by Gasteiger charge is 2.14. The van der Waals surface area contributed by atoms with E-state index in [1.165, 1.54) is 0 Å². The number of para-hydroxylation sites is 1. The SMILES string of the molecule is Cc1nn(-c2ccccc2)c(C)c1CNC(=O)c1ccc(OCc2cn3cccc(C)c3n2)cc1. The summed E-state index contributed by atoms with van der Waals surface area (Å²) in [4.78, 5) is 17.4. The summed E-state index contributed by atoms with van der Waals surface area (Å²) in [6, 6.07) is 21.2. The fraction of sp³-hybridized carbons (Fsp3) is 0.179. The Bertz CT molecular complexity index is 1480. The molecule has 5 rings (SSSR count). The largest absolute Gasteiger partial charge is 0.487 e. The Balaban J connectivity index is 1.20. The average Bonchev–Trinajstić information content (AvgIpc) is 3.43. The van der Waals surface area contributed by atoms with Gasteiger partial charge in [0.05, 0.1) is 17.1 Å². The molecule has 5 aromatic rings. The molecule has 0 saturated carbocycles. The van der Waals surface area contributed by atoms with Crippen LogP contribution >= 0.6 is 0 Å². The van der Waals surface area contributed by atoms with Crippen molar-refractivity contribution in [2.45, 2.75) is 33.9 Å². The van der Waals surface area contributed by atoms with Crippen molar-refractivity contribution in [3.8, 4) is 11.4 Å². The van der Waals surface area contributed by atoms with Crippen LogP contribution in [0.15, 0.2) is 79.1 Å². The summed E-state index contributed by atoms with van der Waals surface area (Å²) >= 11 is 0. The van der Waals surface area contributed by atoms with E-state index in [0.29, 0.717) is 24.5 Å². The predicted octanol–water partition coefficient (Wildman–Crippen LogP) is 4.95. The highest BCUT2D eigenvalue weighted by atomic mass is 16.5. The number of benzene rings is 2. The van der Waals surface area contributed by atoms with Crippen LogP contribution in [0.1, 0.15) is 38.6 Å². The van der Waals surface area contributed by atoms with Crippen molar-refractivity contribution in [3.05, 3.63) is 113 Å². The summed E-state index contributed by atoms with van der Waals surface area (Å²) in [6.07, 6.45) is 3.94. The number of aryl methyl sites for hydroxylation is 2. The van der Waals surface area contributed by atoms with Gasteiger partial charge in [0.15, 0.2) is 0 Å². The maximum absolute atomic E-state index is 12.7. The molecule has 0 bridgehead atoms. The smallest absolute Gasteiger partial charge is 0.251 e. The minimum absolute atomic E-state index is 0.140. The molecule has 0 spiro atoms. The lowest BCUT2D eigenvalue weighted by Gasteiger charge is -2.08. The third-order valence-corrected chi connectivity index (χ3v) is 6.10. The molecular formula is C28H27N5O2. The van der Waals surface area contributed by atoms with Crippen LogP contribution in [0, 0.1) is 20.8 Å². The fourth-order valence-corrected chi connectivity index (χ4v) is 4.16. The first kappa shape index (κ1) is 22.4. The van der Waals surface area contributed by atoms with E-state index in [1.54, 1.807) is 24.3 Å². The Morgan fingerprint density at radius 2 is 1.74 bits per heavy atom. The van der Waals surface area contributed by atoms with Crippen LogP contribution in [0.3, 0.4) is 0 Å². The zero-order chi connectivity index (χ0) is 24.4. The van der Waals surface area contributed by atoms with Crippen LogP contribution in [0.2, 0.25) is 0 Å². The van der Waals surface area contributed by atoms with Crippen molar-refractivity contribution in [1.82, 2.24) is 24.5 Å². The number of rotatable bonds is 7. The van der Waals surface area contributed by atoms with Crippen LogP contribution in [-0.4, -0.2) is 25.1 Å². The Labute approximate surface area is 204 Å². The summed E-state index contributed by atoms with van der Waals surface area (Å²) in [5.41, 5.74) is 7.40. The molecule has 176 valence electrons. The minimum atomic E-state index is -0.140. The maximum Gasteiger partial charge on any atom is 0.251 e. The number of ether oxygens (including phenoxy) is 1. The van der Waals surface area contributed by atoms with Gasteiger partial charge in [-0.3, -0.25) is 4.79 Å². The number of fused-ring (bicyclic) bond motifs is 1. The standard InChI is InChI=1S/C28H27N5O2/c1-19-8-7-15-32-17-23(30-27(19)32)18-35-25-13-11-22(12-14-25)28(34)29-16-26-20(2)31-33(21(26)3)24-9-5-4-6-10-24/h4-15,17H,16,18H2,1-3H3,(H,29,34). The Morgan fingerprint density at radius 1 is 0.971 bits per heavy atom. The molecule has 7 nitrogen and oxygen atoms in total. The van der Waals surface area contributed by atoms with Crippen molar-refractivity contribution in [1.29, 1.82) is 0 Å². The first-order chi connectivity index (χ1) is 17.0. The molecule has 1 amide bonds. The van der Waals surface area contributed by atoms with Gasteiger partial charge in [-0.15, -0.1) is 0 Å². The molecule has 0 unspecified atom stereocenters. The topological polar surface area (TPSA) is 73.5 Å². The molecule has 7 heteroatoms. The fourth-order valence-electron chi connectivity index (χ4n) is 4.16. The third-order valence-electron chi connectivity index (χ3n) is 6.10. The van der Waals surface area contributed by atoms with Gasteiger partial charge in [-0.25, -0.2) is 9.67 Å². The van der Waals surface area contributed by atoms with E-state index < -0.39 is 0 Å². The van der Waals surface area contributed by atoms with E-state index in [1.807, 2.05) is 84.7 Å². The van der Waals surface area contributed by atoms with Crippen LogP contribution in [-0.2, 0) is 13.2 Å². The second-order valence-electron chi connectivity index (χ2n) is 8.55. The summed E-state index contributed by atoms with van der Waals surface area (Å²) in [5.74, 6) is 0.546. The predicted molar refractivity (Wildman–Crippen MR) is 135 cm³/mol. The molecule has 0 fully saturated rings. The molecule has 0 aliphatic rings. The zero-order valence-corrected chi connectivity index (χ0v) is 20.0. The van der Waals surface area contributed by atoms with Crippen molar-refractivity contribution in [2.75, 3.05) is 0 Å². The second kappa shape index (κ2) is 9.46. The third kappa shape index (κ3) is 4.66. The average molecular weight is 466 g/mol. The quantitative estimate of drug-likeness (QED) is 0.369. The van der Waals surface area contributed by atoms with Gasteiger partial charge in [0.25, 0.3) is 5.91 Å². The Morgan fingerprint density at radius 3 is 2.49 bits per heavy atom. The summed E-state index contributed by atoms with van der Waals surface area (Å²) in [6.45, 7) is 6.79. The summed E-state index contributed by atoms with van der Waals surface area (Å²) < 4.78 is 9.79. The van der Waals surface area contributed by atoms with Crippen molar-refractivity contribution in [3.63, 3.8) is 0 Å². The molecule has 3 heterocycles. The lowest BCUT2D eigenvalue weighted by atomic mass is 10.1. The highest BCUT2D eigenvalue weighted by Crippen LogP contribution is 2.19. The first-order valence-electron chi connectivity index (χ1n) is 11.5. The van der Waals surface area contributed by atoms with E-state index in [4.69, 9.17) is 4.74 Å². The van der Waals surface area contributed by atoms with E-state index >= 15 is 0 Å². The highest BCUT2D eigenvalue weighted by molar-refractivity contribution is 5.94. The van der Waals surface area contributed by atoms with E-state index in [9.17, 15) is 4.79 Å². The van der Waals surface area contributed by atoms with Gasteiger partial charge in [-0.1, -0.05) is 24.3 Å². The number of pyridine rings is 1. The summed E-state index contributed by atoms with van der Waals surface area (Å²) in [7, 11) is 0.